The van der Waals surface area contributed by atoms with E-state index < -0.39 is 16.0 Å². The Kier molecular flexibility index (Phi) is 7.95. The van der Waals surface area contributed by atoms with E-state index in [2.05, 4.69) is 5.32 Å². The molecule has 1 N–H and O–H groups in total. The number of halogens is 1. The van der Waals surface area contributed by atoms with Crippen molar-refractivity contribution in [2.75, 3.05) is 32.1 Å². The molecule has 186 valence electrons. The Morgan fingerprint density at radius 3 is 2.38 bits per heavy atom. The summed E-state index contributed by atoms with van der Waals surface area (Å²) in [6.45, 7) is 5.51. The van der Waals surface area contributed by atoms with Crippen LogP contribution in [-0.4, -0.2) is 56.0 Å². The summed E-state index contributed by atoms with van der Waals surface area (Å²) >= 11 is 6.12. The minimum atomic E-state index is -3.96. The van der Waals surface area contributed by atoms with Crippen molar-refractivity contribution in [3.63, 3.8) is 0 Å². The van der Waals surface area contributed by atoms with E-state index >= 15 is 0 Å². The van der Waals surface area contributed by atoms with E-state index in [1.54, 1.807) is 50.6 Å². The first-order chi connectivity index (χ1) is 16.0. The van der Waals surface area contributed by atoms with Gasteiger partial charge in [-0.1, -0.05) is 11.6 Å². The van der Waals surface area contributed by atoms with Gasteiger partial charge in [-0.15, -0.1) is 0 Å². The van der Waals surface area contributed by atoms with Gasteiger partial charge in [0, 0.05) is 43.1 Å². The van der Waals surface area contributed by atoms with Crippen molar-refractivity contribution in [1.29, 1.82) is 0 Å². The number of ether oxygens (including phenoxy) is 2. The van der Waals surface area contributed by atoms with Crippen molar-refractivity contribution < 1.29 is 27.5 Å². The molecule has 1 aliphatic heterocycles. The number of nitrogens with zero attached hydrogens (tertiary/aromatic N) is 2. The fourth-order valence-electron chi connectivity index (χ4n) is 4.15. The highest BCUT2D eigenvalue weighted by Crippen LogP contribution is 2.33. The van der Waals surface area contributed by atoms with E-state index in [9.17, 15) is 18.0 Å². The number of anilines is 1. The number of methoxy groups -OCH3 is 1. The molecule has 0 unspecified atom stereocenters. The first kappa shape index (κ1) is 26.1. The number of aromatic nitrogens is 1. The molecule has 2 aromatic rings. The van der Waals surface area contributed by atoms with Gasteiger partial charge in [0.1, 0.15) is 16.2 Å². The molecule has 0 radical (unpaired) electrons. The highest BCUT2D eigenvalue weighted by Gasteiger charge is 2.38. The second-order valence-electron chi connectivity index (χ2n) is 8.17. The van der Waals surface area contributed by atoms with Gasteiger partial charge in [-0.25, -0.2) is 13.2 Å². The Morgan fingerprint density at radius 2 is 1.82 bits per heavy atom. The van der Waals surface area contributed by atoms with E-state index in [1.807, 2.05) is 0 Å². The fourth-order valence-corrected chi connectivity index (χ4v) is 6.36. The number of carbonyl (C=O) groups is 2. The first-order valence-electron chi connectivity index (χ1n) is 11.0. The molecule has 1 aromatic carbocycles. The monoisotopic (exact) mass is 511 g/mol. The molecule has 9 nitrogen and oxygen atoms in total. The van der Waals surface area contributed by atoms with Crippen molar-refractivity contribution in [3.8, 4) is 5.75 Å². The molecule has 1 aliphatic rings. The highest BCUT2D eigenvalue weighted by molar-refractivity contribution is 7.89. The van der Waals surface area contributed by atoms with E-state index in [1.165, 1.54) is 11.4 Å². The van der Waals surface area contributed by atoms with Gasteiger partial charge < -0.3 is 19.4 Å². The zero-order chi connectivity index (χ0) is 25.2. The van der Waals surface area contributed by atoms with Crippen LogP contribution in [-0.2, 0) is 26.6 Å². The number of esters is 1. The van der Waals surface area contributed by atoms with Crippen molar-refractivity contribution in [2.45, 2.75) is 38.5 Å². The van der Waals surface area contributed by atoms with Crippen LogP contribution in [0.15, 0.2) is 23.1 Å². The minimum Gasteiger partial charge on any atom is -0.495 e. The maximum atomic E-state index is 13.5. The van der Waals surface area contributed by atoms with Crippen LogP contribution in [0.3, 0.4) is 0 Å². The van der Waals surface area contributed by atoms with Gasteiger partial charge >= 0.3 is 5.97 Å². The van der Waals surface area contributed by atoms with Crippen molar-refractivity contribution in [1.82, 2.24) is 8.87 Å². The Hall–Kier alpha value is -2.56. The zero-order valence-electron chi connectivity index (χ0n) is 20.0. The van der Waals surface area contributed by atoms with Crippen LogP contribution in [0.5, 0.6) is 5.75 Å². The number of hydrogen-bond donors (Lipinski definition) is 1. The standard InChI is InChI=1S/C23H30ClN3O6S/c1-6-33-23(29)20-14(2)26(4)15(3)21(20)34(30,31)27-11-9-16(10-12-27)22(28)25-17-7-8-19(32-5)18(24)13-17/h7-8,13,16H,6,9-12H2,1-5H3,(H,25,28). The van der Waals surface area contributed by atoms with Gasteiger partial charge in [0.25, 0.3) is 0 Å². The molecule has 11 heteroatoms. The average Bonchev–Trinajstić information content (AvgIpc) is 3.04. The zero-order valence-corrected chi connectivity index (χ0v) is 21.5. The predicted molar refractivity (Wildman–Crippen MR) is 129 cm³/mol. The molecule has 1 fully saturated rings. The van der Waals surface area contributed by atoms with Gasteiger partial charge in [-0.05, 0) is 51.8 Å². The average molecular weight is 512 g/mol. The molecule has 1 saturated heterocycles. The lowest BCUT2D eigenvalue weighted by atomic mass is 9.97. The maximum absolute atomic E-state index is 13.5. The quantitative estimate of drug-likeness (QED) is 0.570. The Morgan fingerprint density at radius 1 is 1.18 bits per heavy atom. The normalized spacial score (nSPS) is 15.2. The summed E-state index contributed by atoms with van der Waals surface area (Å²) in [6.07, 6.45) is 0.711. The Balaban J connectivity index is 1.75. The number of nitrogens with one attached hydrogen (secondary N) is 1. The van der Waals surface area contributed by atoms with Crippen LogP contribution in [0.25, 0.3) is 0 Å². The third kappa shape index (κ3) is 4.94. The summed E-state index contributed by atoms with van der Waals surface area (Å²) in [4.78, 5) is 25.3. The van der Waals surface area contributed by atoms with Gasteiger partial charge in [0.2, 0.25) is 15.9 Å². The summed E-state index contributed by atoms with van der Waals surface area (Å²) in [5, 5.41) is 3.22. The van der Waals surface area contributed by atoms with E-state index in [-0.39, 0.29) is 42.0 Å². The van der Waals surface area contributed by atoms with E-state index in [0.717, 1.165) is 0 Å². The molecule has 3 rings (SSSR count). The van der Waals surface area contributed by atoms with Crippen LogP contribution < -0.4 is 10.1 Å². The maximum Gasteiger partial charge on any atom is 0.341 e. The van der Waals surface area contributed by atoms with Crippen LogP contribution in [0.2, 0.25) is 5.02 Å². The second kappa shape index (κ2) is 10.4. The molecule has 0 atom stereocenters. The number of carbonyl (C=O) groups excluding carboxylic acids is 2. The summed E-state index contributed by atoms with van der Waals surface area (Å²) in [5.41, 5.74) is 1.61. The molecular weight excluding hydrogens is 482 g/mol. The van der Waals surface area contributed by atoms with Gasteiger partial charge in [-0.2, -0.15) is 4.31 Å². The third-order valence-corrected chi connectivity index (χ3v) is 8.60. The molecule has 0 aliphatic carbocycles. The molecule has 0 saturated carbocycles. The molecule has 1 aromatic heterocycles. The summed E-state index contributed by atoms with van der Waals surface area (Å²) < 4.78 is 40.4. The number of rotatable bonds is 7. The lowest BCUT2D eigenvalue weighted by Gasteiger charge is -2.30. The van der Waals surface area contributed by atoms with Gasteiger partial charge in [0.05, 0.1) is 18.7 Å². The fraction of sp³-hybridized carbons (Fsp3) is 0.478. The van der Waals surface area contributed by atoms with Crippen molar-refractivity contribution in [2.24, 2.45) is 13.0 Å². The van der Waals surface area contributed by atoms with Crippen LogP contribution in [0.4, 0.5) is 5.69 Å². The first-order valence-corrected chi connectivity index (χ1v) is 12.8. The third-order valence-electron chi connectivity index (χ3n) is 6.25. The Labute approximate surface area is 205 Å². The smallest absolute Gasteiger partial charge is 0.341 e. The topological polar surface area (TPSA) is 107 Å². The summed E-state index contributed by atoms with van der Waals surface area (Å²) in [5.74, 6) is -0.700. The van der Waals surface area contributed by atoms with E-state index in [4.69, 9.17) is 21.1 Å². The SMILES string of the molecule is CCOC(=O)c1c(S(=O)(=O)N2CCC(C(=O)Nc3ccc(OC)c(Cl)c3)CC2)c(C)n(C)c1C. The highest BCUT2D eigenvalue weighted by atomic mass is 35.5. The van der Waals surface area contributed by atoms with Crippen LogP contribution in [0.1, 0.15) is 41.5 Å². The number of benzene rings is 1. The number of hydrogen-bond acceptors (Lipinski definition) is 6. The van der Waals surface area contributed by atoms with Crippen LogP contribution in [0, 0.1) is 19.8 Å². The lowest BCUT2D eigenvalue weighted by molar-refractivity contribution is -0.120. The molecule has 0 spiro atoms. The molecule has 1 amide bonds. The van der Waals surface area contributed by atoms with Gasteiger partial charge in [-0.3, -0.25) is 4.79 Å². The van der Waals surface area contributed by atoms with Crippen molar-refractivity contribution >= 4 is 39.2 Å². The summed E-state index contributed by atoms with van der Waals surface area (Å²) in [7, 11) is -0.735. The minimum absolute atomic E-state index is 0.0262. The van der Waals surface area contributed by atoms with Crippen LogP contribution >= 0.6 is 11.6 Å². The summed E-state index contributed by atoms with van der Waals surface area (Å²) in [6, 6.07) is 4.97. The lowest BCUT2D eigenvalue weighted by Crippen LogP contribution is -2.41. The van der Waals surface area contributed by atoms with E-state index in [0.29, 0.717) is 40.7 Å². The largest absolute Gasteiger partial charge is 0.495 e. The molecule has 34 heavy (non-hydrogen) atoms. The van der Waals surface area contributed by atoms with Gasteiger partial charge in [0.15, 0.2) is 0 Å². The number of piperidine rings is 1. The molecule has 2 heterocycles. The molecular formula is C23H30ClN3O6S. The predicted octanol–water partition coefficient (Wildman–Crippen LogP) is 3.52. The number of sulfonamides is 1. The Bertz CT molecular complexity index is 1200. The second-order valence-corrected chi connectivity index (χ2v) is 10.5. The van der Waals surface area contributed by atoms with Crippen molar-refractivity contribution in [3.05, 3.63) is 40.2 Å². The molecule has 0 bridgehead atoms. The number of amides is 1.